The van der Waals surface area contributed by atoms with E-state index in [2.05, 4.69) is 0 Å². The zero-order valence-corrected chi connectivity index (χ0v) is 11.3. The van der Waals surface area contributed by atoms with Gasteiger partial charge in [-0.15, -0.1) is 0 Å². The Morgan fingerprint density at radius 1 is 0.950 bits per heavy atom. The lowest BCUT2D eigenvalue weighted by atomic mass is 10.1. The first-order valence-electron chi connectivity index (χ1n) is 6.09. The largest absolute Gasteiger partial charge is 0.610 e. The summed E-state index contributed by atoms with van der Waals surface area (Å²) < 4.78 is 16.8. The van der Waals surface area contributed by atoms with Crippen molar-refractivity contribution in [2.45, 2.75) is 0 Å². The van der Waals surface area contributed by atoms with Crippen molar-refractivity contribution in [2.75, 3.05) is 0 Å². The van der Waals surface area contributed by atoms with Crippen molar-refractivity contribution in [1.29, 1.82) is 0 Å². The lowest BCUT2D eigenvalue weighted by Gasteiger charge is -2.14. The van der Waals surface area contributed by atoms with E-state index in [0.29, 0.717) is 22.8 Å². The fourth-order valence-electron chi connectivity index (χ4n) is 2.25. The molecule has 2 aromatic carbocycles. The Hall–Kier alpha value is -2.53. The molecule has 1 aromatic heterocycles. The van der Waals surface area contributed by atoms with Crippen molar-refractivity contribution in [3.8, 4) is 28.6 Å². The first kappa shape index (κ1) is 11.3. The topological polar surface area (TPSA) is 50.0 Å². The SMILES string of the molecule is Oc1cc2c3c(cc(-c4ccccc4)[o+]c3c1)O[Si]O2. The van der Waals surface area contributed by atoms with Crippen LogP contribution in [0.2, 0.25) is 0 Å². The predicted molar refractivity (Wildman–Crippen MR) is 74.7 cm³/mol. The highest BCUT2D eigenvalue weighted by atomic mass is 28.3. The van der Waals surface area contributed by atoms with E-state index < -0.39 is 0 Å². The Kier molecular flexibility index (Phi) is 2.40. The predicted octanol–water partition coefficient (Wildman–Crippen LogP) is 3.39. The summed E-state index contributed by atoms with van der Waals surface area (Å²) in [5, 5.41) is 10.5. The number of hydrogen-bond acceptors (Lipinski definition) is 3. The molecule has 0 bridgehead atoms. The fraction of sp³-hybridized carbons (Fsp3) is 0. The van der Waals surface area contributed by atoms with Gasteiger partial charge < -0.3 is 14.0 Å². The standard InChI is InChI=1S/C15H8O4Si/c16-10-6-12-15-13(7-10)18-20-19-14(15)8-11(17-12)9-4-2-1-3-5-9/h1-8H/p+1. The van der Waals surface area contributed by atoms with Gasteiger partial charge in [-0.1, -0.05) is 18.2 Å². The van der Waals surface area contributed by atoms with E-state index in [0.717, 1.165) is 10.9 Å². The van der Waals surface area contributed by atoms with Gasteiger partial charge in [0.25, 0.3) is 0 Å². The van der Waals surface area contributed by atoms with Crippen molar-refractivity contribution in [3.05, 3.63) is 48.5 Å². The lowest BCUT2D eigenvalue weighted by molar-refractivity contribution is 0.434. The van der Waals surface area contributed by atoms with Crippen LogP contribution in [0.1, 0.15) is 0 Å². The first-order valence-corrected chi connectivity index (χ1v) is 6.91. The van der Waals surface area contributed by atoms with Gasteiger partial charge in [0.1, 0.15) is 17.2 Å². The summed E-state index contributed by atoms with van der Waals surface area (Å²) in [6.45, 7) is 0. The maximum Gasteiger partial charge on any atom is 0.610 e. The molecule has 0 spiro atoms. The van der Waals surface area contributed by atoms with Crippen molar-refractivity contribution >= 4 is 21.0 Å². The van der Waals surface area contributed by atoms with Gasteiger partial charge in [-0.2, -0.15) is 0 Å². The summed E-state index contributed by atoms with van der Waals surface area (Å²) in [5.74, 6) is 2.10. The molecule has 0 amide bonds. The molecule has 4 nitrogen and oxygen atoms in total. The summed E-state index contributed by atoms with van der Waals surface area (Å²) in [4.78, 5) is 0. The summed E-state index contributed by atoms with van der Waals surface area (Å²) in [6, 6.07) is 14.7. The molecule has 1 N–H and O–H groups in total. The Labute approximate surface area is 117 Å². The van der Waals surface area contributed by atoms with E-state index >= 15 is 0 Å². The summed E-state index contributed by atoms with van der Waals surface area (Å²) >= 11 is 0. The number of aromatic hydroxyl groups is 1. The fourth-order valence-corrected chi connectivity index (χ4v) is 2.80. The minimum Gasteiger partial charge on any atom is -0.507 e. The van der Waals surface area contributed by atoms with Crippen molar-refractivity contribution < 1.29 is 18.4 Å². The third kappa shape index (κ3) is 1.71. The monoisotopic (exact) mass is 281 g/mol. The van der Waals surface area contributed by atoms with E-state index in [1.165, 1.54) is 0 Å². The van der Waals surface area contributed by atoms with Gasteiger partial charge in [-0.05, 0) is 12.1 Å². The molecule has 0 saturated carbocycles. The third-order valence-electron chi connectivity index (χ3n) is 3.14. The van der Waals surface area contributed by atoms with Gasteiger partial charge in [0.05, 0.1) is 17.7 Å². The van der Waals surface area contributed by atoms with Crippen LogP contribution in [0.25, 0.3) is 22.3 Å². The van der Waals surface area contributed by atoms with Crippen LogP contribution in [0.3, 0.4) is 0 Å². The molecule has 1 aliphatic heterocycles. The molecule has 0 fully saturated rings. The molecule has 5 heteroatoms. The quantitative estimate of drug-likeness (QED) is 0.548. The maximum atomic E-state index is 9.74. The van der Waals surface area contributed by atoms with Crippen LogP contribution in [0.15, 0.2) is 52.9 Å². The van der Waals surface area contributed by atoms with Crippen LogP contribution in [0, 0.1) is 0 Å². The smallest absolute Gasteiger partial charge is 0.507 e. The summed E-state index contributed by atoms with van der Waals surface area (Å²) in [6.07, 6.45) is 0. The molecule has 0 aliphatic carbocycles. The minimum atomic E-state index is -0.118. The molecule has 4 rings (SSSR count). The average molecular weight is 281 g/mol. The second-order valence-electron chi connectivity index (χ2n) is 4.45. The van der Waals surface area contributed by atoms with Crippen LogP contribution in [0.4, 0.5) is 0 Å². The summed E-state index contributed by atoms with van der Waals surface area (Å²) in [5.41, 5.74) is 1.50. The van der Waals surface area contributed by atoms with E-state index in [4.69, 9.17) is 13.3 Å². The number of rotatable bonds is 1. The number of hydrogen-bond donors (Lipinski definition) is 1. The van der Waals surface area contributed by atoms with Gasteiger partial charge in [-0.25, -0.2) is 4.42 Å². The van der Waals surface area contributed by atoms with E-state index in [1.54, 1.807) is 12.1 Å². The van der Waals surface area contributed by atoms with E-state index in [1.807, 2.05) is 36.4 Å². The molecule has 2 heterocycles. The summed E-state index contributed by atoms with van der Waals surface area (Å²) in [7, 11) is -0.118. The molecular weight excluding hydrogens is 272 g/mol. The Balaban J connectivity index is 2.03. The molecular formula is C15H9O4Si+. The zero-order chi connectivity index (χ0) is 13.5. The van der Waals surface area contributed by atoms with Gasteiger partial charge in [0, 0.05) is 6.07 Å². The Morgan fingerprint density at radius 2 is 1.70 bits per heavy atom. The second kappa shape index (κ2) is 4.24. The van der Waals surface area contributed by atoms with Crippen LogP contribution in [-0.2, 0) is 0 Å². The molecule has 0 atom stereocenters. The maximum absolute atomic E-state index is 9.74. The molecule has 20 heavy (non-hydrogen) atoms. The van der Waals surface area contributed by atoms with Gasteiger partial charge >= 0.3 is 21.3 Å². The molecule has 1 aliphatic rings. The Morgan fingerprint density at radius 3 is 2.50 bits per heavy atom. The van der Waals surface area contributed by atoms with Gasteiger partial charge in [0.2, 0.25) is 0 Å². The van der Waals surface area contributed by atoms with Crippen molar-refractivity contribution in [1.82, 2.24) is 0 Å². The average Bonchev–Trinajstić information content (AvgIpc) is 2.48. The van der Waals surface area contributed by atoms with Gasteiger partial charge in [-0.3, -0.25) is 0 Å². The molecule has 96 valence electrons. The molecule has 2 radical (unpaired) electrons. The highest BCUT2D eigenvalue weighted by molar-refractivity contribution is 6.24. The molecule has 0 unspecified atom stereocenters. The highest BCUT2D eigenvalue weighted by Gasteiger charge is 2.27. The molecule has 3 aromatic rings. The third-order valence-corrected chi connectivity index (χ3v) is 3.75. The van der Waals surface area contributed by atoms with Crippen molar-refractivity contribution in [2.24, 2.45) is 0 Å². The normalized spacial score (nSPS) is 12.8. The zero-order valence-electron chi connectivity index (χ0n) is 10.3. The first-order chi connectivity index (χ1) is 9.81. The molecule has 0 saturated heterocycles. The second-order valence-corrected chi connectivity index (χ2v) is 5.02. The van der Waals surface area contributed by atoms with E-state index in [-0.39, 0.29) is 15.8 Å². The van der Waals surface area contributed by atoms with Crippen LogP contribution in [0.5, 0.6) is 17.2 Å². The van der Waals surface area contributed by atoms with E-state index in [9.17, 15) is 5.11 Å². The number of phenols is 1. The highest BCUT2D eigenvalue weighted by Crippen LogP contribution is 2.41. The number of benzene rings is 2. The Bertz CT molecular complexity index is 802. The van der Waals surface area contributed by atoms with Gasteiger partial charge in [0.15, 0.2) is 5.39 Å². The van der Waals surface area contributed by atoms with Crippen LogP contribution < -0.4 is 8.85 Å². The van der Waals surface area contributed by atoms with Crippen LogP contribution in [-0.4, -0.2) is 15.1 Å². The van der Waals surface area contributed by atoms with Crippen molar-refractivity contribution in [3.63, 3.8) is 0 Å². The number of phenolic OH excluding ortho intramolecular Hbond substituents is 1. The lowest BCUT2D eigenvalue weighted by Crippen LogP contribution is -2.15. The van der Waals surface area contributed by atoms with Crippen LogP contribution >= 0.6 is 0 Å². The minimum absolute atomic E-state index is 0.110.